The summed E-state index contributed by atoms with van der Waals surface area (Å²) in [4.78, 5) is 0. The molecule has 1 N–H and O–H groups in total. The third kappa shape index (κ3) is 4.87. The molecule has 13 heavy (non-hydrogen) atoms. The van der Waals surface area contributed by atoms with Crippen molar-refractivity contribution >= 4 is 11.6 Å². The van der Waals surface area contributed by atoms with Crippen LogP contribution in [-0.4, -0.2) is 18.0 Å². The highest BCUT2D eigenvalue weighted by atomic mass is 35.5. The van der Waals surface area contributed by atoms with Crippen molar-refractivity contribution in [3.8, 4) is 0 Å². The monoisotopic (exact) mass is 203 g/mol. The van der Waals surface area contributed by atoms with Gasteiger partial charge in [-0.25, -0.2) is 0 Å². The maximum Gasteiger partial charge on any atom is 0.0322 e. The second-order valence-electron chi connectivity index (χ2n) is 4.48. The Bertz CT molecular complexity index is 130. The zero-order chi connectivity index (χ0) is 9.68. The molecule has 0 aromatic carbocycles. The van der Waals surface area contributed by atoms with E-state index in [9.17, 15) is 0 Å². The van der Waals surface area contributed by atoms with Crippen LogP contribution in [0.1, 0.15) is 46.0 Å². The molecule has 2 atom stereocenters. The van der Waals surface area contributed by atoms with E-state index in [1.54, 1.807) is 0 Å². The van der Waals surface area contributed by atoms with Gasteiger partial charge in [0.2, 0.25) is 0 Å². The van der Waals surface area contributed by atoms with E-state index in [-0.39, 0.29) is 0 Å². The summed E-state index contributed by atoms with van der Waals surface area (Å²) in [6.07, 6.45) is 6.81. The average Bonchev–Trinajstić information content (AvgIpc) is 2.51. The summed E-state index contributed by atoms with van der Waals surface area (Å²) in [5.41, 5.74) is 0. The van der Waals surface area contributed by atoms with Gasteiger partial charge in [0.15, 0.2) is 0 Å². The van der Waals surface area contributed by atoms with Gasteiger partial charge in [-0.3, -0.25) is 0 Å². The molecule has 0 saturated heterocycles. The Balaban J connectivity index is 2.03. The van der Waals surface area contributed by atoms with Crippen LogP contribution in [0.25, 0.3) is 0 Å². The summed E-state index contributed by atoms with van der Waals surface area (Å²) in [5.74, 6) is 0.938. The van der Waals surface area contributed by atoms with Crippen LogP contribution >= 0.6 is 11.6 Å². The summed E-state index contributed by atoms with van der Waals surface area (Å²) in [6, 6.07) is 0.577. The van der Waals surface area contributed by atoms with Crippen molar-refractivity contribution in [3.63, 3.8) is 0 Å². The maximum absolute atomic E-state index is 5.93. The molecule has 1 aliphatic carbocycles. The third-order valence-electron chi connectivity index (χ3n) is 2.91. The molecule has 78 valence electrons. The van der Waals surface area contributed by atoms with Gasteiger partial charge in [0.05, 0.1) is 0 Å². The number of rotatable bonds is 5. The first-order chi connectivity index (χ1) is 6.18. The molecular weight excluding hydrogens is 182 g/mol. The van der Waals surface area contributed by atoms with Crippen LogP contribution in [0, 0.1) is 5.92 Å². The first-order valence-corrected chi connectivity index (χ1v) is 5.99. The molecule has 1 rings (SSSR count). The van der Waals surface area contributed by atoms with Gasteiger partial charge in [0.1, 0.15) is 0 Å². The number of hydrogen-bond donors (Lipinski definition) is 1. The van der Waals surface area contributed by atoms with Crippen LogP contribution in [0.15, 0.2) is 0 Å². The van der Waals surface area contributed by atoms with E-state index >= 15 is 0 Å². The molecule has 2 unspecified atom stereocenters. The standard InChI is InChI=1S/C11H22ClN/c1-9(12)7-10(2)13-8-11-5-3-4-6-11/h9-11,13H,3-8H2,1-2H3. The number of nitrogens with one attached hydrogen (secondary N) is 1. The molecule has 1 nitrogen and oxygen atoms in total. The lowest BCUT2D eigenvalue weighted by molar-refractivity contribution is 0.431. The van der Waals surface area contributed by atoms with Gasteiger partial charge < -0.3 is 5.32 Å². The molecule has 0 amide bonds. The Labute approximate surface area is 87.2 Å². The molecule has 1 fully saturated rings. The summed E-state index contributed by atoms with van der Waals surface area (Å²) >= 11 is 5.93. The highest BCUT2D eigenvalue weighted by molar-refractivity contribution is 6.20. The van der Waals surface area contributed by atoms with Gasteiger partial charge in [0, 0.05) is 11.4 Å². The van der Waals surface area contributed by atoms with E-state index < -0.39 is 0 Å². The van der Waals surface area contributed by atoms with Crippen molar-refractivity contribution in [3.05, 3.63) is 0 Å². The SMILES string of the molecule is CC(Cl)CC(C)NCC1CCCC1. The maximum atomic E-state index is 5.93. The van der Waals surface area contributed by atoms with Crippen molar-refractivity contribution in [2.75, 3.05) is 6.54 Å². The smallest absolute Gasteiger partial charge is 0.0322 e. The van der Waals surface area contributed by atoms with Crippen molar-refractivity contribution in [2.24, 2.45) is 5.92 Å². The minimum Gasteiger partial charge on any atom is -0.314 e. The van der Waals surface area contributed by atoms with E-state index in [1.165, 1.54) is 32.2 Å². The van der Waals surface area contributed by atoms with Gasteiger partial charge >= 0.3 is 0 Å². The van der Waals surface area contributed by atoms with Gasteiger partial charge in [-0.2, -0.15) is 0 Å². The van der Waals surface area contributed by atoms with Crippen LogP contribution in [0.4, 0.5) is 0 Å². The predicted molar refractivity (Wildman–Crippen MR) is 59.4 cm³/mol. The van der Waals surface area contributed by atoms with Gasteiger partial charge in [-0.1, -0.05) is 12.8 Å². The lowest BCUT2D eigenvalue weighted by Gasteiger charge is -2.17. The first-order valence-electron chi connectivity index (χ1n) is 5.56. The molecule has 0 aromatic rings. The first kappa shape index (κ1) is 11.3. The average molecular weight is 204 g/mol. The molecule has 0 bridgehead atoms. The summed E-state index contributed by atoms with van der Waals surface area (Å²) in [7, 11) is 0. The quantitative estimate of drug-likeness (QED) is 0.677. The van der Waals surface area contributed by atoms with Crippen LogP contribution in [-0.2, 0) is 0 Å². The molecular formula is C11H22ClN. The van der Waals surface area contributed by atoms with Gasteiger partial charge in [0.25, 0.3) is 0 Å². The van der Waals surface area contributed by atoms with Crippen molar-refractivity contribution < 1.29 is 0 Å². The lowest BCUT2D eigenvalue weighted by Crippen LogP contribution is -2.31. The molecule has 1 saturated carbocycles. The minimum absolute atomic E-state index is 0.297. The van der Waals surface area contributed by atoms with E-state index in [0.717, 1.165) is 12.3 Å². The van der Waals surface area contributed by atoms with E-state index in [1.807, 2.05) is 0 Å². The Morgan fingerprint density at radius 2 is 1.92 bits per heavy atom. The predicted octanol–water partition coefficient (Wildman–Crippen LogP) is 3.17. The lowest BCUT2D eigenvalue weighted by atomic mass is 10.1. The third-order valence-corrected chi connectivity index (χ3v) is 3.09. The molecule has 1 aliphatic rings. The molecule has 0 radical (unpaired) electrons. The van der Waals surface area contributed by atoms with E-state index in [4.69, 9.17) is 11.6 Å². The summed E-state index contributed by atoms with van der Waals surface area (Å²) < 4.78 is 0. The number of alkyl halides is 1. The van der Waals surface area contributed by atoms with Crippen LogP contribution in [0.3, 0.4) is 0 Å². The zero-order valence-electron chi connectivity index (χ0n) is 8.85. The normalized spacial score (nSPS) is 23.3. The fraction of sp³-hybridized carbons (Fsp3) is 1.00. The van der Waals surface area contributed by atoms with Crippen LogP contribution in [0.5, 0.6) is 0 Å². The van der Waals surface area contributed by atoms with E-state index in [2.05, 4.69) is 19.2 Å². The molecule has 0 aromatic heterocycles. The summed E-state index contributed by atoms with van der Waals surface area (Å²) in [6.45, 7) is 5.49. The number of halogens is 1. The van der Waals surface area contributed by atoms with Crippen LogP contribution in [0.2, 0.25) is 0 Å². The highest BCUT2D eigenvalue weighted by Crippen LogP contribution is 2.23. The largest absolute Gasteiger partial charge is 0.314 e. The van der Waals surface area contributed by atoms with Gasteiger partial charge in [-0.05, 0) is 45.6 Å². The minimum atomic E-state index is 0.297. The second kappa shape index (κ2) is 5.87. The molecule has 0 spiro atoms. The second-order valence-corrected chi connectivity index (χ2v) is 5.22. The van der Waals surface area contributed by atoms with Crippen molar-refractivity contribution in [1.29, 1.82) is 0 Å². The topological polar surface area (TPSA) is 12.0 Å². The molecule has 0 heterocycles. The van der Waals surface area contributed by atoms with E-state index in [0.29, 0.717) is 11.4 Å². The summed E-state index contributed by atoms with van der Waals surface area (Å²) in [5, 5.41) is 3.87. The van der Waals surface area contributed by atoms with Crippen molar-refractivity contribution in [1.82, 2.24) is 5.32 Å². The van der Waals surface area contributed by atoms with Gasteiger partial charge in [-0.15, -0.1) is 11.6 Å². The fourth-order valence-corrected chi connectivity index (χ4v) is 2.42. The Morgan fingerprint density at radius 1 is 1.31 bits per heavy atom. The highest BCUT2D eigenvalue weighted by Gasteiger charge is 2.15. The van der Waals surface area contributed by atoms with Crippen LogP contribution < -0.4 is 5.32 Å². The Kier molecular flexibility index (Phi) is 5.12. The zero-order valence-corrected chi connectivity index (χ0v) is 9.61. The Morgan fingerprint density at radius 3 is 2.46 bits per heavy atom. The molecule has 0 aliphatic heterocycles. The number of hydrogen-bond acceptors (Lipinski definition) is 1. The Hall–Kier alpha value is 0.250. The molecule has 2 heteroatoms. The van der Waals surface area contributed by atoms with Crippen molar-refractivity contribution in [2.45, 2.75) is 57.4 Å². The fourth-order valence-electron chi connectivity index (χ4n) is 2.15.